The van der Waals surface area contributed by atoms with Crippen LogP contribution in [0, 0.1) is 6.07 Å². The van der Waals surface area contributed by atoms with Crippen LogP contribution in [0.5, 0.6) is 0 Å². The van der Waals surface area contributed by atoms with Crippen LogP contribution in [0.1, 0.15) is 0 Å². The second kappa shape index (κ2) is 4.50. The van der Waals surface area contributed by atoms with Gasteiger partial charge >= 0.3 is 0 Å². The summed E-state index contributed by atoms with van der Waals surface area (Å²) < 4.78 is 0. The largest absolute Gasteiger partial charge is 0.0616 e. The fourth-order valence-corrected chi connectivity index (χ4v) is 2.68. The van der Waals surface area contributed by atoms with Gasteiger partial charge in [-0.3, -0.25) is 0 Å². The highest BCUT2D eigenvalue weighted by molar-refractivity contribution is 5.99. The van der Waals surface area contributed by atoms with Crippen molar-refractivity contribution >= 4 is 21.5 Å². The van der Waals surface area contributed by atoms with Crippen molar-refractivity contribution in [3.05, 3.63) is 84.9 Å². The first-order valence-electron chi connectivity index (χ1n) is 6.80. The van der Waals surface area contributed by atoms with E-state index in [0.29, 0.717) is 0 Å². The average Bonchev–Trinajstić information content (AvgIpc) is 2.53. The zero-order chi connectivity index (χ0) is 13.4. The summed E-state index contributed by atoms with van der Waals surface area (Å²) in [5, 5.41) is 5.13. The molecule has 0 fully saturated rings. The van der Waals surface area contributed by atoms with E-state index in [1.807, 2.05) is 12.1 Å². The van der Waals surface area contributed by atoms with Crippen LogP contribution in [0.4, 0.5) is 0 Å². The molecule has 4 rings (SSSR count). The van der Waals surface area contributed by atoms with Gasteiger partial charge in [-0.1, -0.05) is 60.7 Å². The highest BCUT2D eigenvalue weighted by Crippen LogP contribution is 2.27. The molecule has 1 radical (unpaired) electrons. The maximum Gasteiger partial charge on any atom is -0.00992 e. The van der Waals surface area contributed by atoms with E-state index in [9.17, 15) is 0 Å². The van der Waals surface area contributed by atoms with Gasteiger partial charge < -0.3 is 0 Å². The lowest BCUT2D eigenvalue weighted by Gasteiger charge is -2.06. The Bertz CT molecular complexity index is 889. The molecule has 0 spiro atoms. The third-order valence-corrected chi connectivity index (χ3v) is 3.72. The van der Waals surface area contributed by atoms with E-state index in [1.54, 1.807) is 0 Å². The molecule has 0 bridgehead atoms. The first-order valence-corrected chi connectivity index (χ1v) is 6.80. The number of hydrogen-bond acceptors (Lipinski definition) is 0. The molecule has 0 unspecified atom stereocenters. The van der Waals surface area contributed by atoms with Crippen molar-refractivity contribution < 1.29 is 0 Å². The normalized spacial score (nSPS) is 11.0. The second-order valence-electron chi connectivity index (χ2n) is 5.04. The van der Waals surface area contributed by atoms with E-state index in [1.165, 1.54) is 27.1 Å². The van der Waals surface area contributed by atoms with Crippen molar-refractivity contribution in [2.45, 2.75) is 0 Å². The van der Waals surface area contributed by atoms with Gasteiger partial charge in [0.15, 0.2) is 0 Å². The Hall–Kier alpha value is -2.60. The molecule has 0 amide bonds. The SMILES string of the molecule is [c]1ccccc1-c1ccc2cc3ccccc3cc2c1. The second-order valence-corrected chi connectivity index (χ2v) is 5.04. The molecular weight excluding hydrogens is 240 g/mol. The summed E-state index contributed by atoms with van der Waals surface area (Å²) in [7, 11) is 0. The van der Waals surface area contributed by atoms with Crippen molar-refractivity contribution in [3.63, 3.8) is 0 Å². The first-order chi connectivity index (χ1) is 9.90. The highest BCUT2D eigenvalue weighted by atomic mass is 14.1. The molecule has 20 heavy (non-hydrogen) atoms. The fourth-order valence-electron chi connectivity index (χ4n) is 2.68. The quantitative estimate of drug-likeness (QED) is 0.395. The minimum Gasteiger partial charge on any atom is -0.0616 e. The monoisotopic (exact) mass is 253 g/mol. The predicted octanol–water partition coefficient (Wildman–Crippen LogP) is 5.46. The Morgan fingerprint density at radius 3 is 2.00 bits per heavy atom. The topological polar surface area (TPSA) is 0 Å². The lowest BCUT2D eigenvalue weighted by atomic mass is 9.99. The Labute approximate surface area is 118 Å². The van der Waals surface area contributed by atoms with Crippen LogP contribution in [0.25, 0.3) is 32.7 Å². The maximum atomic E-state index is 3.29. The fraction of sp³-hybridized carbons (Fsp3) is 0. The van der Waals surface area contributed by atoms with Gasteiger partial charge in [0.1, 0.15) is 0 Å². The van der Waals surface area contributed by atoms with E-state index in [2.05, 4.69) is 72.8 Å². The third kappa shape index (κ3) is 1.86. The highest BCUT2D eigenvalue weighted by Gasteiger charge is 2.01. The van der Waals surface area contributed by atoms with Crippen LogP contribution in [0.2, 0.25) is 0 Å². The van der Waals surface area contributed by atoms with Crippen molar-refractivity contribution in [2.75, 3.05) is 0 Å². The van der Waals surface area contributed by atoms with Crippen LogP contribution in [-0.4, -0.2) is 0 Å². The average molecular weight is 253 g/mol. The number of benzene rings is 4. The Balaban J connectivity index is 1.97. The summed E-state index contributed by atoms with van der Waals surface area (Å²) in [6.07, 6.45) is 0. The van der Waals surface area contributed by atoms with Gasteiger partial charge in [0.05, 0.1) is 0 Å². The summed E-state index contributed by atoms with van der Waals surface area (Å²) in [4.78, 5) is 0. The molecule has 0 aliphatic rings. The van der Waals surface area contributed by atoms with Gasteiger partial charge in [-0.05, 0) is 56.9 Å². The molecule has 0 nitrogen and oxygen atoms in total. The standard InChI is InChI=1S/C20H13/c1-2-6-15(7-3-1)18-10-11-19-12-16-8-4-5-9-17(16)13-20(19)14-18/h1-6,8-14H. The van der Waals surface area contributed by atoms with Crippen LogP contribution < -0.4 is 0 Å². The molecule has 0 saturated heterocycles. The molecule has 0 aliphatic carbocycles. The van der Waals surface area contributed by atoms with Crippen molar-refractivity contribution in [3.8, 4) is 11.1 Å². The van der Waals surface area contributed by atoms with E-state index in [4.69, 9.17) is 0 Å². The molecule has 0 heteroatoms. The molecule has 0 aromatic heterocycles. The minimum absolute atomic E-state index is 1.14. The molecule has 93 valence electrons. The van der Waals surface area contributed by atoms with E-state index in [0.717, 1.165) is 5.56 Å². The van der Waals surface area contributed by atoms with Gasteiger partial charge in [0.25, 0.3) is 0 Å². The van der Waals surface area contributed by atoms with Crippen molar-refractivity contribution in [2.24, 2.45) is 0 Å². The van der Waals surface area contributed by atoms with Gasteiger partial charge in [0, 0.05) is 0 Å². The maximum absolute atomic E-state index is 3.29. The van der Waals surface area contributed by atoms with Crippen LogP contribution in [0.3, 0.4) is 0 Å². The van der Waals surface area contributed by atoms with Crippen LogP contribution in [0.15, 0.2) is 78.9 Å². The van der Waals surface area contributed by atoms with Crippen molar-refractivity contribution in [1.29, 1.82) is 0 Å². The first kappa shape index (κ1) is 11.2. The summed E-state index contributed by atoms with van der Waals surface area (Å²) in [5.74, 6) is 0. The molecule has 0 atom stereocenters. The smallest absolute Gasteiger partial charge is 0.00992 e. The van der Waals surface area contributed by atoms with E-state index < -0.39 is 0 Å². The molecule has 0 N–H and O–H groups in total. The third-order valence-electron chi connectivity index (χ3n) is 3.72. The molecule has 0 saturated carbocycles. The lowest BCUT2D eigenvalue weighted by Crippen LogP contribution is -1.80. The van der Waals surface area contributed by atoms with E-state index in [-0.39, 0.29) is 0 Å². The predicted molar refractivity (Wildman–Crippen MR) is 85.7 cm³/mol. The Kier molecular flexibility index (Phi) is 2.53. The summed E-state index contributed by atoms with van der Waals surface area (Å²) >= 11 is 0. The minimum atomic E-state index is 1.14. The molecule has 4 aromatic rings. The van der Waals surface area contributed by atoms with E-state index >= 15 is 0 Å². The number of fused-ring (bicyclic) bond motifs is 2. The van der Waals surface area contributed by atoms with Gasteiger partial charge in [-0.15, -0.1) is 0 Å². The molecular formula is C20H13. The lowest BCUT2D eigenvalue weighted by molar-refractivity contribution is 1.64. The molecule has 0 heterocycles. The van der Waals surface area contributed by atoms with Gasteiger partial charge in [-0.25, -0.2) is 0 Å². The molecule has 4 aromatic carbocycles. The zero-order valence-corrected chi connectivity index (χ0v) is 11.0. The Morgan fingerprint density at radius 2 is 1.25 bits per heavy atom. The van der Waals surface area contributed by atoms with Crippen LogP contribution in [-0.2, 0) is 0 Å². The summed E-state index contributed by atoms with van der Waals surface area (Å²) in [6, 6.07) is 31.0. The van der Waals surface area contributed by atoms with Crippen LogP contribution >= 0.6 is 0 Å². The zero-order valence-electron chi connectivity index (χ0n) is 11.0. The number of hydrogen-bond donors (Lipinski definition) is 0. The summed E-state index contributed by atoms with van der Waals surface area (Å²) in [6.45, 7) is 0. The number of rotatable bonds is 1. The summed E-state index contributed by atoms with van der Waals surface area (Å²) in [5.41, 5.74) is 2.36. The van der Waals surface area contributed by atoms with Crippen molar-refractivity contribution in [1.82, 2.24) is 0 Å². The van der Waals surface area contributed by atoms with Gasteiger partial charge in [0.2, 0.25) is 0 Å². The molecule has 0 aliphatic heterocycles. The Morgan fingerprint density at radius 1 is 0.550 bits per heavy atom. The van der Waals surface area contributed by atoms with Gasteiger partial charge in [-0.2, -0.15) is 0 Å².